The number of hydrogen-bond donors (Lipinski definition) is 2. The van der Waals surface area contributed by atoms with Crippen LogP contribution in [0.25, 0.3) is 0 Å². The van der Waals surface area contributed by atoms with Gasteiger partial charge >= 0.3 is 6.18 Å². The van der Waals surface area contributed by atoms with Crippen LogP contribution in [0.2, 0.25) is 0 Å². The van der Waals surface area contributed by atoms with Gasteiger partial charge in [0.1, 0.15) is 5.82 Å². The maximum atomic E-state index is 12.9. The first-order valence-electron chi connectivity index (χ1n) is 7.01. The van der Waals surface area contributed by atoms with Crippen LogP contribution in [-0.4, -0.2) is 23.1 Å². The van der Waals surface area contributed by atoms with E-state index in [1.807, 2.05) is 4.90 Å². The number of hydrogen-bond acceptors (Lipinski definition) is 5. The number of nitrogens with two attached hydrogens (primary N) is 1. The van der Waals surface area contributed by atoms with Crippen molar-refractivity contribution in [3.8, 4) is 0 Å². The van der Waals surface area contributed by atoms with Crippen LogP contribution in [-0.2, 0) is 6.18 Å². The normalized spacial score (nSPS) is 18.1. The summed E-state index contributed by atoms with van der Waals surface area (Å²) >= 11 is 0. The zero-order valence-corrected chi connectivity index (χ0v) is 12.2. The first-order valence-corrected chi connectivity index (χ1v) is 7.01. The Hall–Kier alpha value is -1.57. The van der Waals surface area contributed by atoms with Crippen LogP contribution >= 0.6 is 0 Å². The molecule has 0 aromatic carbocycles. The average molecular weight is 303 g/mol. The average Bonchev–Trinajstić information content (AvgIpc) is 2.91. The molecule has 5 nitrogen and oxygen atoms in total. The van der Waals surface area contributed by atoms with E-state index in [4.69, 9.17) is 5.84 Å². The summed E-state index contributed by atoms with van der Waals surface area (Å²) in [5, 5.41) is 0. The molecule has 21 heavy (non-hydrogen) atoms. The van der Waals surface area contributed by atoms with E-state index in [-0.39, 0.29) is 17.2 Å². The summed E-state index contributed by atoms with van der Waals surface area (Å²) in [6.45, 7) is 5.63. The van der Waals surface area contributed by atoms with Gasteiger partial charge in [-0.15, -0.1) is 0 Å². The summed E-state index contributed by atoms with van der Waals surface area (Å²) in [5.74, 6) is 5.23. The van der Waals surface area contributed by atoms with Gasteiger partial charge in [0.15, 0.2) is 5.69 Å². The first kappa shape index (κ1) is 15.8. The minimum atomic E-state index is -4.52. The highest BCUT2D eigenvalue weighted by Crippen LogP contribution is 2.39. The molecule has 0 atom stereocenters. The fraction of sp³-hybridized carbons (Fsp3) is 0.692. The smallest absolute Gasteiger partial charge is 0.356 e. The second kappa shape index (κ2) is 5.67. The lowest BCUT2D eigenvalue weighted by Gasteiger charge is -2.27. The molecule has 2 rings (SSSR count). The van der Waals surface area contributed by atoms with Gasteiger partial charge in [-0.25, -0.2) is 10.8 Å². The third-order valence-corrected chi connectivity index (χ3v) is 4.39. The van der Waals surface area contributed by atoms with E-state index in [0.717, 1.165) is 25.3 Å². The summed E-state index contributed by atoms with van der Waals surface area (Å²) in [6.07, 6.45) is -1.56. The maximum Gasteiger partial charge on any atom is 0.433 e. The quantitative estimate of drug-likeness (QED) is 0.661. The van der Waals surface area contributed by atoms with Crippen LogP contribution in [0.5, 0.6) is 0 Å². The Morgan fingerprint density at radius 3 is 2.48 bits per heavy atom. The lowest BCUT2D eigenvalue weighted by atomic mass is 9.82. The first-order chi connectivity index (χ1) is 9.83. The topological polar surface area (TPSA) is 67.1 Å². The molecule has 0 unspecified atom stereocenters. The van der Waals surface area contributed by atoms with Crippen molar-refractivity contribution in [1.82, 2.24) is 9.97 Å². The second-order valence-electron chi connectivity index (χ2n) is 5.46. The Balaban J connectivity index is 2.32. The molecule has 118 valence electrons. The van der Waals surface area contributed by atoms with E-state index in [1.165, 1.54) is 0 Å². The summed E-state index contributed by atoms with van der Waals surface area (Å²) in [4.78, 5) is 9.31. The number of anilines is 2. The summed E-state index contributed by atoms with van der Waals surface area (Å²) < 4.78 is 38.6. The molecule has 8 heteroatoms. The van der Waals surface area contributed by atoms with E-state index in [1.54, 1.807) is 0 Å². The highest BCUT2D eigenvalue weighted by molar-refractivity contribution is 5.46. The van der Waals surface area contributed by atoms with Crippen LogP contribution in [0, 0.1) is 5.41 Å². The number of nitrogen functional groups attached to an aromatic ring is 1. The Morgan fingerprint density at radius 2 is 2.00 bits per heavy atom. The molecule has 0 aliphatic carbocycles. The van der Waals surface area contributed by atoms with Crippen molar-refractivity contribution in [2.45, 2.75) is 39.3 Å². The highest BCUT2D eigenvalue weighted by Gasteiger charge is 2.38. The summed E-state index contributed by atoms with van der Waals surface area (Å²) in [6, 6.07) is 0.988. The van der Waals surface area contributed by atoms with Crippen molar-refractivity contribution in [3.63, 3.8) is 0 Å². The number of halogens is 3. The van der Waals surface area contributed by atoms with Crippen LogP contribution in [0.4, 0.5) is 24.9 Å². The SMILES string of the molecule is CCC1(CC)CCN(c2cc(C(F)(F)F)nc(NN)n2)C1. The zero-order valence-electron chi connectivity index (χ0n) is 12.2. The van der Waals surface area contributed by atoms with Crippen molar-refractivity contribution in [2.24, 2.45) is 11.3 Å². The summed E-state index contributed by atoms with van der Waals surface area (Å²) in [7, 11) is 0. The number of nitrogens with one attached hydrogen (secondary N) is 1. The predicted molar refractivity (Wildman–Crippen MR) is 74.7 cm³/mol. The Bertz CT molecular complexity index is 499. The van der Waals surface area contributed by atoms with Crippen LogP contribution in [0.15, 0.2) is 6.07 Å². The molecule has 1 aliphatic rings. The monoisotopic (exact) mass is 303 g/mol. The standard InChI is InChI=1S/C13H20F3N5/c1-3-12(4-2)5-6-21(8-12)10-7-9(13(14,15)16)18-11(19-10)20-17/h7H,3-6,8,17H2,1-2H3,(H,18,19,20). The van der Waals surface area contributed by atoms with Gasteiger partial charge in [0.05, 0.1) is 0 Å². The van der Waals surface area contributed by atoms with Gasteiger partial charge in [-0.05, 0) is 24.7 Å². The second-order valence-corrected chi connectivity index (χ2v) is 5.46. The molecule has 1 aromatic rings. The zero-order chi connectivity index (χ0) is 15.7. The molecule has 3 N–H and O–H groups in total. The largest absolute Gasteiger partial charge is 0.433 e. The van der Waals surface area contributed by atoms with Crippen molar-refractivity contribution in [3.05, 3.63) is 11.8 Å². The molecule has 0 amide bonds. The third-order valence-electron chi connectivity index (χ3n) is 4.39. The third kappa shape index (κ3) is 3.20. The molecule has 1 aromatic heterocycles. The Morgan fingerprint density at radius 1 is 1.33 bits per heavy atom. The van der Waals surface area contributed by atoms with E-state index in [2.05, 4.69) is 29.2 Å². The fourth-order valence-corrected chi connectivity index (χ4v) is 2.76. The summed E-state index contributed by atoms with van der Waals surface area (Å²) in [5.41, 5.74) is 1.27. The van der Waals surface area contributed by atoms with Gasteiger partial charge in [0, 0.05) is 19.2 Å². The van der Waals surface area contributed by atoms with E-state index >= 15 is 0 Å². The lowest BCUT2D eigenvalue weighted by Crippen LogP contribution is -2.28. The van der Waals surface area contributed by atoms with Crippen molar-refractivity contribution < 1.29 is 13.2 Å². The van der Waals surface area contributed by atoms with E-state index < -0.39 is 11.9 Å². The van der Waals surface area contributed by atoms with Gasteiger partial charge in [-0.1, -0.05) is 13.8 Å². The molecule has 0 bridgehead atoms. The van der Waals surface area contributed by atoms with Gasteiger partial charge in [-0.2, -0.15) is 18.2 Å². The molecular formula is C13H20F3N5. The van der Waals surface area contributed by atoms with Crippen LogP contribution in [0.3, 0.4) is 0 Å². The van der Waals surface area contributed by atoms with Gasteiger partial charge in [-0.3, -0.25) is 5.43 Å². The minimum absolute atomic E-state index is 0.152. The number of hydrazine groups is 1. The molecule has 0 saturated carbocycles. The molecule has 1 fully saturated rings. The molecule has 0 spiro atoms. The minimum Gasteiger partial charge on any atom is -0.356 e. The number of rotatable bonds is 4. The van der Waals surface area contributed by atoms with Crippen LogP contribution < -0.4 is 16.2 Å². The number of alkyl halides is 3. The van der Waals surface area contributed by atoms with Gasteiger partial charge < -0.3 is 4.90 Å². The molecule has 1 saturated heterocycles. The Labute approximate surface area is 121 Å². The maximum absolute atomic E-state index is 12.9. The predicted octanol–water partition coefficient (Wildman–Crippen LogP) is 2.80. The fourth-order valence-electron chi connectivity index (χ4n) is 2.76. The van der Waals surface area contributed by atoms with Gasteiger partial charge in [0.2, 0.25) is 5.95 Å². The van der Waals surface area contributed by atoms with Crippen LogP contribution in [0.1, 0.15) is 38.8 Å². The molecular weight excluding hydrogens is 283 g/mol. The molecule has 0 radical (unpaired) electrons. The number of aromatic nitrogens is 2. The van der Waals surface area contributed by atoms with E-state index in [0.29, 0.717) is 13.1 Å². The Kier molecular flexibility index (Phi) is 4.27. The van der Waals surface area contributed by atoms with E-state index in [9.17, 15) is 13.2 Å². The van der Waals surface area contributed by atoms with Crippen molar-refractivity contribution in [1.29, 1.82) is 0 Å². The van der Waals surface area contributed by atoms with Gasteiger partial charge in [0.25, 0.3) is 0 Å². The molecule has 2 heterocycles. The lowest BCUT2D eigenvalue weighted by molar-refractivity contribution is -0.141. The molecule has 1 aliphatic heterocycles. The van der Waals surface area contributed by atoms with Crippen molar-refractivity contribution in [2.75, 3.05) is 23.4 Å². The number of nitrogens with zero attached hydrogens (tertiary/aromatic N) is 3. The van der Waals surface area contributed by atoms with Crippen molar-refractivity contribution >= 4 is 11.8 Å². The highest BCUT2D eigenvalue weighted by atomic mass is 19.4.